The average molecular weight is 430 g/mol. The zero-order valence-electron chi connectivity index (χ0n) is 17.7. The number of ether oxygens (including phenoxy) is 1. The van der Waals surface area contributed by atoms with Crippen molar-refractivity contribution in [3.05, 3.63) is 59.7 Å². The first kappa shape index (κ1) is 19.2. The molecule has 2 aliphatic carbocycles. The molecule has 2 aliphatic heterocycles. The van der Waals surface area contributed by atoms with Crippen molar-refractivity contribution in [3.63, 3.8) is 0 Å². The molecule has 0 unspecified atom stereocenters. The molecule has 2 aromatic rings. The van der Waals surface area contributed by atoms with Gasteiger partial charge in [0.05, 0.1) is 23.2 Å². The summed E-state index contributed by atoms with van der Waals surface area (Å²) in [5.74, 6) is -1.01. The normalized spacial score (nSPS) is 31.9. The molecule has 2 heterocycles. The molecule has 2 aromatic carbocycles. The molecular weight excluding hydrogens is 408 g/mol. The standard InChI is InChI=1S/C25H22N2O5/c1-12-3-5-14(6-4-12)22-21-17-11-18(23(21)32-26-22)20-19(17)24(29)27(25(20)30)15-7-9-16(10-8-15)31-13(2)28/h3-10,17-21,23H,11H2,1-2H3/t17-,18-,19+,20-,21-,23-/m1/s1. The van der Waals surface area contributed by atoms with Gasteiger partial charge < -0.3 is 9.57 Å². The minimum absolute atomic E-state index is 0.0107. The van der Waals surface area contributed by atoms with Crippen molar-refractivity contribution in [2.75, 3.05) is 4.90 Å². The van der Waals surface area contributed by atoms with Crippen molar-refractivity contribution >= 4 is 29.2 Å². The van der Waals surface area contributed by atoms with Gasteiger partial charge in [-0.05, 0) is 49.1 Å². The highest BCUT2D eigenvalue weighted by molar-refractivity contribution is 6.23. The molecule has 1 saturated heterocycles. The smallest absolute Gasteiger partial charge is 0.308 e. The van der Waals surface area contributed by atoms with Crippen LogP contribution < -0.4 is 9.64 Å². The highest BCUT2D eigenvalue weighted by Crippen LogP contribution is 2.62. The van der Waals surface area contributed by atoms with Crippen molar-refractivity contribution in [1.82, 2.24) is 0 Å². The van der Waals surface area contributed by atoms with Crippen LogP contribution in [0.2, 0.25) is 0 Å². The maximum absolute atomic E-state index is 13.5. The molecule has 32 heavy (non-hydrogen) atoms. The summed E-state index contributed by atoms with van der Waals surface area (Å²) in [6.45, 7) is 3.36. The van der Waals surface area contributed by atoms with E-state index in [-0.39, 0.29) is 47.5 Å². The summed E-state index contributed by atoms with van der Waals surface area (Å²) in [7, 11) is 0. The molecular formula is C25H22N2O5. The van der Waals surface area contributed by atoms with Crippen LogP contribution in [-0.4, -0.2) is 29.6 Å². The Labute approximate surface area is 185 Å². The summed E-state index contributed by atoms with van der Waals surface area (Å²) in [4.78, 5) is 45.1. The van der Waals surface area contributed by atoms with E-state index < -0.39 is 5.97 Å². The van der Waals surface area contributed by atoms with Crippen LogP contribution in [0.4, 0.5) is 5.69 Å². The van der Waals surface area contributed by atoms with Crippen LogP contribution in [0, 0.1) is 36.5 Å². The number of oxime groups is 1. The Morgan fingerprint density at radius 2 is 1.62 bits per heavy atom. The molecule has 6 atom stereocenters. The minimum atomic E-state index is -0.422. The third-order valence-corrected chi connectivity index (χ3v) is 7.39. The van der Waals surface area contributed by atoms with E-state index in [4.69, 9.17) is 9.57 Å². The third-order valence-electron chi connectivity index (χ3n) is 7.39. The van der Waals surface area contributed by atoms with Crippen LogP contribution in [-0.2, 0) is 19.2 Å². The van der Waals surface area contributed by atoms with E-state index in [0.717, 1.165) is 17.7 Å². The Kier molecular flexibility index (Phi) is 4.06. The maximum Gasteiger partial charge on any atom is 0.308 e. The summed E-state index contributed by atoms with van der Waals surface area (Å²) in [6, 6.07) is 14.7. The SMILES string of the molecule is CC(=O)Oc1ccc(N2C(=O)[C@@H]3[C@H]4C[C@@H]([C@@H]5C(c6ccc(C)cc6)=NO[C@H]45)[C@@H]3C2=O)cc1. The first-order chi connectivity index (χ1) is 15.4. The molecule has 2 saturated carbocycles. The van der Waals surface area contributed by atoms with Gasteiger partial charge in [-0.25, -0.2) is 0 Å². The Balaban J connectivity index is 1.29. The maximum atomic E-state index is 13.5. The Morgan fingerprint density at radius 3 is 2.28 bits per heavy atom. The van der Waals surface area contributed by atoms with Crippen molar-refractivity contribution in [1.29, 1.82) is 0 Å². The second-order valence-corrected chi connectivity index (χ2v) is 9.15. The van der Waals surface area contributed by atoms with E-state index in [9.17, 15) is 14.4 Å². The van der Waals surface area contributed by atoms with Gasteiger partial charge in [-0.1, -0.05) is 35.0 Å². The topological polar surface area (TPSA) is 85.3 Å². The number of carbonyl (C=O) groups is 3. The van der Waals surface area contributed by atoms with Crippen molar-refractivity contribution in [2.45, 2.75) is 26.4 Å². The van der Waals surface area contributed by atoms with Crippen LogP contribution in [0.3, 0.4) is 0 Å². The number of benzene rings is 2. The van der Waals surface area contributed by atoms with E-state index in [2.05, 4.69) is 5.16 Å². The van der Waals surface area contributed by atoms with Crippen molar-refractivity contribution in [2.24, 2.45) is 34.7 Å². The molecule has 162 valence electrons. The van der Waals surface area contributed by atoms with E-state index in [1.165, 1.54) is 17.4 Å². The molecule has 0 aromatic heterocycles. The lowest BCUT2D eigenvalue weighted by Gasteiger charge is -2.29. The number of imide groups is 1. The lowest BCUT2D eigenvalue weighted by atomic mass is 9.71. The fourth-order valence-corrected chi connectivity index (χ4v) is 6.17. The predicted molar refractivity (Wildman–Crippen MR) is 115 cm³/mol. The third kappa shape index (κ3) is 2.60. The molecule has 0 radical (unpaired) electrons. The molecule has 2 bridgehead atoms. The van der Waals surface area contributed by atoms with Crippen molar-refractivity contribution < 1.29 is 24.0 Å². The predicted octanol–water partition coefficient (Wildman–Crippen LogP) is 3.09. The quantitative estimate of drug-likeness (QED) is 0.424. The number of aryl methyl sites for hydroxylation is 1. The summed E-state index contributed by atoms with van der Waals surface area (Å²) in [6.07, 6.45) is 0.660. The molecule has 0 N–H and O–H groups in total. The van der Waals surface area contributed by atoms with E-state index in [0.29, 0.717) is 11.4 Å². The molecule has 2 amide bonds. The number of hydrogen-bond acceptors (Lipinski definition) is 6. The highest BCUT2D eigenvalue weighted by atomic mass is 16.6. The monoisotopic (exact) mass is 430 g/mol. The van der Waals surface area contributed by atoms with Crippen LogP contribution >= 0.6 is 0 Å². The fourth-order valence-electron chi connectivity index (χ4n) is 6.17. The number of fused-ring (bicyclic) bond motifs is 8. The summed E-state index contributed by atoms with van der Waals surface area (Å²) < 4.78 is 5.06. The number of esters is 1. The van der Waals surface area contributed by atoms with Crippen LogP contribution in [0.5, 0.6) is 5.75 Å². The van der Waals surface area contributed by atoms with Crippen LogP contribution in [0.25, 0.3) is 0 Å². The van der Waals surface area contributed by atoms with Gasteiger partial charge in [0.2, 0.25) is 11.8 Å². The average Bonchev–Trinajstić information content (AvgIpc) is 3.50. The summed E-state index contributed by atoms with van der Waals surface area (Å²) >= 11 is 0. The van der Waals surface area contributed by atoms with E-state index in [1.54, 1.807) is 24.3 Å². The fraction of sp³-hybridized carbons (Fsp3) is 0.360. The van der Waals surface area contributed by atoms with Gasteiger partial charge in [-0.2, -0.15) is 0 Å². The number of carbonyl (C=O) groups excluding carboxylic acids is 3. The Bertz CT molecular complexity index is 1170. The lowest BCUT2D eigenvalue weighted by molar-refractivity contribution is -0.132. The van der Waals surface area contributed by atoms with Gasteiger partial charge in [0.25, 0.3) is 0 Å². The summed E-state index contributed by atoms with van der Waals surface area (Å²) in [5.41, 5.74) is 3.58. The second-order valence-electron chi connectivity index (χ2n) is 9.15. The first-order valence-corrected chi connectivity index (χ1v) is 10.9. The highest BCUT2D eigenvalue weighted by Gasteiger charge is 2.70. The molecule has 4 aliphatic rings. The van der Waals surface area contributed by atoms with Gasteiger partial charge in [0, 0.05) is 18.8 Å². The molecule has 3 fully saturated rings. The van der Waals surface area contributed by atoms with Gasteiger partial charge in [0.15, 0.2) is 0 Å². The van der Waals surface area contributed by atoms with Crippen LogP contribution in [0.1, 0.15) is 24.5 Å². The molecule has 7 heteroatoms. The second kappa shape index (κ2) is 6.76. The molecule has 6 rings (SSSR count). The Hall–Kier alpha value is -3.48. The number of nitrogens with zero attached hydrogens (tertiary/aromatic N) is 2. The number of anilines is 1. The number of hydrogen-bond donors (Lipinski definition) is 0. The zero-order chi connectivity index (χ0) is 22.1. The minimum Gasteiger partial charge on any atom is -0.427 e. The van der Waals surface area contributed by atoms with Gasteiger partial charge >= 0.3 is 5.97 Å². The van der Waals surface area contributed by atoms with E-state index >= 15 is 0 Å². The zero-order valence-corrected chi connectivity index (χ0v) is 17.7. The Morgan fingerprint density at radius 1 is 0.969 bits per heavy atom. The molecule has 7 nitrogen and oxygen atoms in total. The largest absolute Gasteiger partial charge is 0.427 e. The van der Waals surface area contributed by atoms with Gasteiger partial charge in [-0.3, -0.25) is 19.3 Å². The van der Waals surface area contributed by atoms with Crippen LogP contribution in [0.15, 0.2) is 53.7 Å². The number of rotatable bonds is 3. The van der Waals surface area contributed by atoms with Gasteiger partial charge in [-0.15, -0.1) is 0 Å². The first-order valence-electron chi connectivity index (χ1n) is 10.9. The summed E-state index contributed by atoms with van der Waals surface area (Å²) in [5, 5.41) is 4.39. The molecule has 0 spiro atoms. The van der Waals surface area contributed by atoms with E-state index in [1.807, 2.05) is 31.2 Å². The van der Waals surface area contributed by atoms with Crippen molar-refractivity contribution in [3.8, 4) is 5.75 Å². The number of amides is 2. The van der Waals surface area contributed by atoms with Gasteiger partial charge in [0.1, 0.15) is 11.9 Å². The lowest BCUT2D eigenvalue weighted by Crippen LogP contribution is -2.41.